The van der Waals surface area contributed by atoms with E-state index in [1.165, 1.54) is 55.6 Å². The number of rotatable bonds is 9. The Kier molecular flexibility index (Phi) is 6.32. The van der Waals surface area contributed by atoms with E-state index in [0.29, 0.717) is 0 Å². The predicted octanol–water partition coefficient (Wildman–Crippen LogP) is 4.46. The summed E-state index contributed by atoms with van der Waals surface area (Å²) in [5.74, 6) is 0.955. The molecule has 0 atom stereocenters. The Bertz CT molecular complexity index is 495. The van der Waals surface area contributed by atoms with Gasteiger partial charge in [-0.15, -0.1) is 0 Å². The summed E-state index contributed by atoms with van der Waals surface area (Å²) in [7, 11) is 4.30. The highest BCUT2D eigenvalue weighted by molar-refractivity contribution is 5.80. The van der Waals surface area contributed by atoms with Crippen LogP contribution >= 0.6 is 0 Å². The van der Waals surface area contributed by atoms with Crippen LogP contribution in [0, 0.1) is 0 Å². The molecule has 1 aromatic carbocycles. The van der Waals surface area contributed by atoms with Crippen LogP contribution in [0.3, 0.4) is 0 Å². The molecule has 0 aliphatic carbocycles. The fraction of sp³-hybridized carbons (Fsp3) is 0.579. The van der Waals surface area contributed by atoms with Gasteiger partial charge in [-0.05, 0) is 44.1 Å². The van der Waals surface area contributed by atoms with Crippen LogP contribution < -0.4 is 10.2 Å². The molecule has 1 N–H and O–H groups in total. The number of hydrogen-bond donors (Lipinski definition) is 1. The third kappa shape index (κ3) is 4.51. The van der Waals surface area contributed by atoms with E-state index in [-0.39, 0.29) is 0 Å². The zero-order valence-corrected chi connectivity index (χ0v) is 14.5. The van der Waals surface area contributed by atoms with Crippen molar-refractivity contribution in [1.29, 1.82) is 0 Å². The van der Waals surface area contributed by atoms with Gasteiger partial charge in [0.15, 0.2) is 0 Å². The molecular formula is C19H31N3. The summed E-state index contributed by atoms with van der Waals surface area (Å²) in [4.78, 5) is 4.58. The molecule has 1 aliphatic heterocycles. The van der Waals surface area contributed by atoms with Crippen LogP contribution in [0.1, 0.15) is 44.6 Å². The van der Waals surface area contributed by atoms with E-state index in [1.54, 1.807) is 0 Å². The molecule has 1 aromatic rings. The fourth-order valence-electron chi connectivity index (χ4n) is 2.92. The number of unbranched alkanes of at least 4 members (excludes halogenated alkanes) is 4. The zero-order valence-electron chi connectivity index (χ0n) is 14.5. The lowest BCUT2D eigenvalue weighted by atomic mass is 10.1. The largest absolute Gasteiger partial charge is 0.340 e. The third-order valence-electron chi connectivity index (χ3n) is 4.53. The Hall–Kier alpha value is -1.48. The quantitative estimate of drug-likeness (QED) is 0.679. The molecule has 0 fully saturated rings. The van der Waals surface area contributed by atoms with Gasteiger partial charge in [0.2, 0.25) is 0 Å². The highest BCUT2D eigenvalue weighted by Gasteiger charge is 2.18. The van der Waals surface area contributed by atoms with Gasteiger partial charge in [0.25, 0.3) is 0 Å². The second-order valence-corrected chi connectivity index (χ2v) is 6.45. The average molecular weight is 301 g/mol. The third-order valence-corrected chi connectivity index (χ3v) is 4.53. The van der Waals surface area contributed by atoms with Gasteiger partial charge < -0.3 is 15.1 Å². The molecular weight excluding hydrogens is 270 g/mol. The number of hydrogen-bond acceptors (Lipinski definition) is 3. The zero-order chi connectivity index (χ0) is 15.9. The monoisotopic (exact) mass is 301 g/mol. The molecule has 0 unspecified atom stereocenters. The maximum Gasteiger partial charge on any atom is 0.103 e. The molecule has 2 rings (SSSR count). The first-order valence-corrected chi connectivity index (χ1v) is 8.63. The molecule has 3 nitrogen and oxygen atoms in total. The van der Waals surface area contributed by atoms with Gasteiger partial charge in [0.1, 0.15) is 5.82 Å². The van der Waals surface area contributed by atoms with Crippen LogP contribution in [-0.4, -0.2) is 32.1 Å². The SMILES string of the molecule is C=C1Nc2ccc(CCN(C)CCCCCCC)cc2N1C. The van der Waals surface area contributed by atoms with E-state index in [9.17, 15) is 0 Å². The summed E-state index contributed by atoms with van der Waals surface area (Å²) >= 11 is 0. The van der Waals surface area contributed by atoms with Crippen LogP contribution in [-0.2, 0) is 6.42 Å². The molecule has 0 radical (unpaired) electrons. The molecule has 0 saturated heterocycles. The van der Waals surface area contributed by atoms with Gasteiger partial charge in [-0.25, -0.2) is 0 Å². The van der Waals surface area contributed by atoms with Crippen LogP contribution in [0.15, 0.2) is 30.6 Å². The van der Waals surface area contributed by atoms with Crippen molar-refractivity contribution in [2.75, 3.05) is 37.4 Å². The molecule has 0 amide bonds. The van der Waals surface area contributed by atoms with Crippen molar-refractivity contribution in [1.82, 2.24) is 4.90 Å². The van der Waals surface area contributed by atoms with Gasteiger partial charge in [-0.1, -0.05) is 45.3 Å². The van der Waals surface area contributed by atoms with E-state index in [4.69, 9.17) is 0 Å². The molecule has 22 heavy (non-hydrogen) atoms. The minimum Gasteiger partial charge on any atom is -0.340 e. The Balaban J connectivity index is 1.74. The molecule has 0 bridgehead atoms. The van der Waals surface area contributed by atoms with E-state index >= 15 is 0 Å². The summed E-state index contributed by atoms with van der Waals surface area (Å²) in [5, 5.41) is 3.30. The van der Waals surface area contributed by atoms with Crippen LogP contribution in [0.2, 0.25) is 0 Å². The van der Waals surface area contributed by atoms with Crippen LogP contribution in [0.25, 0.3) is 0 Å². The van der Waals surface area contributed by atoms with Crippen molar-refractivity contribution in [3.8, 4) is 0 Å². The first-order chi connectivity index (χ1) is 10.6. The topological polar surface area (TPSA) is 18.5 Å². The normalized spacial score (nSPS) is 13.6. The molecule has 1 aliphatic rings. The number of benzene rings is 1. The number of fused-ring (bicyclic) bond motifs is 1. The van der Waals surface area contributed by atoms with Gasteiger partial charge in [0.05, 0.1) is 11.4 Å². The summed E-state index contributed by atoms with van der Waals surface area (Å²) in [6.45, 7) is 8.63. The second kappa shape index (κ2) is 8.23. The number of likely N-dealkylation sites (N-methyl/N-ethyl adjacent to an activating group) is 1. The average Bonchev–Trinajstić information content (AvgIpc) is 2.80. The van der Waals surface area contributed by atoms with Crippen molar-refractivity contribution in [2.24, 2.45) is 0 Å². The molecule has 3 heteroatoms. The van der Waals surface area contributed by atoms with Crippen molar-refractivity contribution in [2.45, 2.75) is 45.4 Å². The van der Waals surface area contributed by atoms with Crippen molar-refractivity contribution < 1.29 is 0 Å². The second-order valence-electron chi connectivity index (χ2n) is 6.45. The summed E-state index contributed by atoms with van der Waals surface area (Å²) in [6.07, 6.45) is 7.90. The van der Waals surface area contributed by atoms with Crippen LogP contribution in [0.4, 0.5) is 11.4 Å². The Morgan fingerprint density at radius 2 is 1.91 bits per heavy atom. The van der Waals surface area contributed by atoms with E-state index in [2.05, 4.69) is 60.9 Å². The maximum atomic E-state index is 4.02. The fourth-order valence-corrected chi connectivity index (χ4v) is 2.92. The maximum absolute atomic E-state index is 4.02. The summed E-state index contributed by atoms with van der Waals surface area (Å²) in [6, 6.07) is 6.69. The molecule has 0 saturated carbocycles. The van der Waals surface area contributed by atoms with Gasteiger partial charge >= 0.3 is 0 Å². The highest BCUT2D eigenvalue weighted by atomic mass is 15.3. The van der Waals surface area contributed by atoms with Gasteiger partial charge in [-0.2, -0.15) is 0 Å². The lowest BCUT2D eigenvalue weighted by molar-refractivity contribution is 0.328. The van der Waals surface area contributed by atoms with Gasteiger partial charge in [0, 0.05) is 13.6 Å². The molecule has 122 valence electrons. The minimum atomic E-state index is 0.955. The Morgan fingerprint density at radius 1 is 1.14 bits per heavy atom. The molecule has 0 spiro atoms. The Labute approximate surface area is 136 Å². The van der Waals surface area contributed by atoms with Crippen molar-refractivity contribution >= 4 is 11.4 Å². The molecule has 1 heterocycles. The van der Waals surface area contributed by atoms with Crippen molar-refractivity contribution in [3.05, 3.63) is 36.2 Å². The standard InChI is InChI=1S/C19H31N3/c1-5-6-7-8-9-13-21(3)14-12-17-10-11-18-19(15-17)22(4)16(2)20-18/h10-11,15,20H,2,5-9,12-14H2,1,3-4H3. The van der Waals surface area contributed by atoms with Gasteiger partial charge in [-0.3, -0.25) is 0 Å². The van der Waals surface area contributed by atoms with E-state index < -0.39 is 0 Å². The first-order valence-electron chi connectivity index (χ1n) is 8.63. The predicted molar refractivity (Wildman–Crippen MR) is 97.6 cm³/mol. The summed E-state index contributed by atoms with van der Waals surface area (Å²) in [5.41, 5.74) is 3.81. The smallest absolute Gasteiger partial charge is 0.103 e. The lowest BCUT2D eigenvalue weighted by Crippen LogP contribution is -2.22. The first kappa shape index (κ1) is 16.9. The lowest BCUT2D eigenvalue weighted by Gasteiger charge is -2.17. The minimum absolute atomic E-state index is 0.955. The Morgan fingerprint density at radius 3 is 2.68 bits per heavy atom. The number of nitrogens with zero attached hydrogens (tertiary/aromatic N) is 2. The van der Waals surface area contributed by atoms with E-state index in [1.807, 2.05) is 0 Å². The molecule has 0 aromatic heterocycles. The van der Waals surface area contributed by atoms with Crippen LogP contribution in [0.5, 0.6) is 0 Å². The summed E-state index contributed by atoms with van der Waals surface area (Å²) < 4.78 is 0. The van der Waals surface area contributed by atoms with E-state index in [0.717, 1.165) is 18.8 Å². The number of nitrogens with one attached hydrogen (secondary N) is 1. The number of anilines is 2. The highest BCUT2D eigenvalue weighted by Crippen LogP contribution is 2.35. The van der Waals surface area contributed by atoms with Crippen molar-refractivity contribution in [3.63, 3.8) is 0 Å².